The molecule has 0 saturated heterocycles. The molecule has 0 aliphatic heterocycles. The standard InChI is InChI=1S/C31H40N2O10/c1-30(2,3)42-25(35)15-13-22(33-29(40)41-18-19-10-8-7-9-11-19)26(36)32-23(27(37)38)17-20-12-14-24(34)21(16-20)28(39)43-31(4,5)6/h7-12,14,16,22-23,34H,13,15,17-18H2,1-6H3,(H,32,36)(H,33,40)(H,37,38)/t22-,23-/m0/s1. The van der Waals surface area contributed by atoms with Gasteiger partial charge < -0.3 is 35.1 Å². The summed E-state index contributed by atoms with van der Waals surface area (Å²) in [6, 6.07) is 9.91. The third-order valence-electron chi connectivity index (χ3n) is 5.61. The number of benzene rings is 2. The first-order valence-electron chi connectivity index (χ1n) is 13.7. The van der Waals surface area contributed by atoms with Crippen LogP contribution in [0.4, 0.5) is 4.79 Å². The van der Waals surface area contributed by atoms with Crippen molar-refractivity contribution < 1.29 is 48.4 Å². The second kappa shape index (κ2) is 15.0. The van der Waals surface area contributed by atoms with Gasteiger partial charge in [0.1, 0.15) is 41.2 Å². The maximum Gasteiger partial charge on any atom is 0.408 e. The van der Waals surface area contributed by atoms with Crippen molar-refractivity contribution in [2.24, 2.45) is 0 Å². The normalized spacial score (nSPS) is 12.8. The number of carbonyl (C=O) groups excluding carboxylic acids is 4. The van der Waals surface area contributed by atoms with Gasteiger partial charge in [-0.05, 0) is 71.2 Å². The van der Waals surface area contributed by atoms with Crippen molar-refractivity contribution in [2.45, 2.75) is 90.7 Å². The molecule has 0 bridgehead atoms. The number of carbonyl (C=O) groups is 5. The van der Waals surface area contributed by atoms with E-state index in [0.29, 0.717) is 11.1 Å². The molecule has 2 aromatic rings. The van der Waals surface area contributed by atoms with Gasteiger partial charge in [-0.2, -0.15) is 0 Å². The lowest BCUT2D eigenvalue weighted by Crippen LogP contribution is -2.52. The van der Waals surface area contributed by atoms with Crippen molar-refractivity contribution >= 4 is 29.9 Å². The Morgan fingerprint density at radius 3 is 2.02 bits per heavy atom. The highest BCUT2D eigenvalue weighted by Crippen LogP contribution is 2.23. The third kappa shape index (κ3) is 12.8. The van der Waals surface area contributed by atoms with Crippen LogP contribution >= 0.6 is 0 Å². The van der Waals surface area contributed by atoms with Gasteiger partial charge in [0.15, 0.2) is 0 Å². The number of hydrogen-bond donors (Lipinski definition) is 4. The summed E-state index contributed by atoms with van der Waals surface area (Å²) in [5.74, 6) is -4.03. The molecule has 43 heavy (non-hydrogen) atoms. The molecule has 0 spiro atoms. The molecule has 2 amide bonds. The minimum atomic E-state index is -1.49. The molecular formula is C31H40N2O10. The van der Waals surface area contributed by atoms with Crippen molar-refractivity contribution in [1.29, 1.82) is 0 Å². The third-order valence-corrected chi connectivity index (χ3v) is 5.61. The monoisotopic (exact) mass is 600 g/mol. The van der Waals surface area contributed by atoms with Gasteiger partial charge in [0.2, 0.25) is 5.91 Å². The molecule has 4 N–H and O–H groups in total. The van der Waals surface area contributed by atoms with Crippen molar-refractivity contribution in [2.75, 3.05) is 0 Å². The van der Waals surface area contributed by atoms with E-state index in [-0.39, 0.29) is 37.2 Å². The first kappa shape index (κ1) is 34.6. The summed E-state index contributed by atoms with van der Waals surface area (Å²) in [5.41, 5.74) is -0.750. The van der Waals surface area contributed by atoms with Crippen LogP contribution in [0.2, 0.25) is 0 Å². The Morgan fingerprint density at radius 2 is 1.44 bits per heavy atom. The largest absolute Gasteiger partial charge is 0.507 e. The van der Waals surface area contributed by atoms with Gasteiger partial charge in [0.05, 0.1) is 0 Å². The van der Waals surface area contributed by atoms with Crippen molar-refractivity contribution in [3.05, 3.63) is 65.2 Å². The minimum Gasteiger partial charge on any atom is -0.507 e. The van der Waals surface area contributed by atoms with E-state index in [4.69, 9.17) is 14.2 Å². The van der Waals surface area contributed by atoms with Gasteiger partial charge in [0.25, 0.3) is 0 Å². The van der Waals surface area contributed by atoms with Crippen LogP contribution in [-0.2, 0) is 41.6 Å². The Morgan fingerprint density at radius 1 is 0.814 bits per heavy atom. The Hall–Kier alpha value is -4.61. The second-order valence-corrected chi connectivity index (χ2v) is 11.8. The molecule has 0 unspecified atom stereocenters. The number of carboxylic acid groups (broad SMARTS) is 1. The molecule has 2 atom stereocenters. The van der Waals surface area contributed by atoms with Crippen molar-refractivity contribution in [1.82, 2.24) is 10.6 Å². The maximum absolute atomic E-state index is 13.2. The SMILES string of the molecule is CC(C)(C)OC(=O)CC[C@H](NC(=O)OCc1ccccc1)C(=O)N[C@@H](Cc1ccc(O)c(C(=O)OC(C)(C)C)c1)C(=O)O. The summed E-state index contributed by atoms with van der Waals surface area (Å²) >= 11 is 0. The van der Waals surface area contributed by atoms with Crippen LogP contribution in [0.15, 0.2) is 48.5 Å². The lowest BCUT2D eigenvalue weighted by atomic mass is 10.0. The highest BCUT2D eigenvalue weighted by atomic mass is 16.6. The second-order valence-electron chi connectivity index (χ2n) is 11.8. The number of ether oxygens (including phenoxy) is 3. The Kier molecular flexibility index (Phi) is 12.1. The molecule has 0 saturated carbocycles. The van der Waals surface area contributed by atoms with Crippen LogP contribution < -0.4 is 10.6 Å². The van der Waals surface area contributed by atoms with Crippen molar-refractivity contribution in [3.63, 3.8) is 0 Å². The van der Waals surface area contributed by atoms with E-state index in [1.54, 1.807) is 71.9 Å². The Balaban J connectivity index is 2.18. The molecule has 0 heterocycles. The van der Waals surface area contributed by atoms with Crippen LogP contribution in [0.5, 0.6) is 5.75 Å². The van der Waals surface area contributed by atoms with Crippen LogP contribution in [0, 0.1) is 0 Å². The first-order valence-corrected chi connectivity index (χ1v) is 13.7. The highest BCUT2D eigenvalue weighted by molar-refractivity contribution is 5.93. The average molecular weight is 601 g/mol. The average Bonchev–Trinajstić information content (AvgIpc) is 2.88. The molecule has 2 rings (SSSR count). The predicted molar refractivity (Wildman–Crippen MR) is 155 cm³/mol. The number of aromatic hydroxyl groups is 1. The quantitative estimate of drug-likeness (QED) is 0.206. The van der Waals surface area contributed by atoms with Crippen LogP contribution in [0.25, 0.3) is 0 Å². The van der Waals surface area contributed by atoms with Crippen molar-refractivity contribution in [3.8, 4) is 5.75 Å². The number of amides is 2. The fourth-order valence-electron chi connectivity index (χ4n) is 3.75. The number of alkyl carbamates (subject to hydrolysis) is 1. The van der Waals surface area contributed by atoms with E-state index in [1.807, 2.05) is 0 Å². The number of phenols is 1. The summed E-state index contributed by atoms with van der Waals surface area (Å²) in [4.78, 5) is 62.7. The number of aliphatic carboxylic acids is 1. The minimum absolute atomic E-state index is 0.0777. The zero-order valence-corrected chi connectivity index (χ0v) is 25.3. The summed E-state index contributed by atoms with van der Waals surface area (Å²) in [6.45, 7) is 9.95. The fourth-order valence-corrected chi connectivity index (χ4v) is 3.75. The number of nitrogens with one attached hydrogen (secondary N) is 2. The maximum atomic E-state index is 13.2. The Bertz CT molecular complexity index is 1300. The van der Waals surface area contributed by atoms with E-state index in [0.717, 1.165) is 0 Å². The number of esters is 2. The summed E-state index contributed by atoms with van der Waals surface area (Å²) in [7, 11) is 0. The van der Waals surface area contributed by atoms with Gasteiger partial charge in [-0.15, -0.1) is 0 Å². The zero-order chi connectivity index (χ0) is 32.4. The van der Waals surface area contributed by atoms with E-state index in [2.05, 4.69) is 10.6 Å². The number of rotatable bonds is 12. The van der Waals surface area contributed by atoms with Gasteiger partial charge in [-0.3, -0.25) is 9.59 Å². The molecule has 0 radical (unpaired) electrons. The number of hydrogen-bond acceptors (Lipinski definition) is 9. The molecule has 2 aromatic carbocycles. The van der Waals surface area contributed by atoms with Crippen LogP contribution in [-0.4, -0.2) is 63.4 Å². The number of carboxylic acids is 1. The smallest absolute Gasteiger partial charge is 0.408 e. The van der Waals surface area contributed by atoms with Gasteiger partial charge in [-0.25, -0.2) is 14.4 Å². The molecule has 234 valence electrons. The molecule has 12 nitrogen and oxygen atoms in total. The van der Waals surface area contributed by atoms with E-state index >= 15 is 0 Å². The van der Waals surface area contributed by atoms with Gasteiger partial charge in [-0.1, -0.05) is 36.4 Å². The summed E-state index contributed by atoms with van der Waals surface area (Å²) in [6.07, 6.45) is -1.66. The van der Waals surface area contributed by atoms with Crippen LogP contribution in [0.3, 0.4) is 0 Å². The molecule has 12 heteroatoms. The highest BCUT2D eigenvalue weighted by Gasteiger charge is 2.29. The lowest BCUT2D eigenvalue weighted by molar-refractivity contribution is -0.155. The number of phenolic OH excluding ortho intramolecular Hbond substituents is 1. The van der Waals surface area contributed by atoms with Gasteiger partial charge >= 0.3 is 24.0 Å². The Labute approximate surface area is 250 Å². The van der Waals surface area contributed by atoms with Crippen LogP contribution in [0.1, 0.15) is 75.9 Å². The zero-order valence-electron chi connectivity index (χ0n) is 25.3. The van der Waals surface area contributed by atoms with E-state index in [9.17, 15) is 34.2 Å². The molecular weight excluding hydrogens is 560 g/mol. The lowest BCUT2D eigenvalue weighted by Gasteiger charge is -2.23. The van der Waals surface area contributed by atoms with E-state index in [1.165, 1.54) is 18.2 Å². The molecule has 0 aromatic heterocycles. The molecule has 0 fully saturated rings. The molecule has 0 aliphatic rings. The summed E-state index contributed by atoms with van der Waals surface area (Å²) < 4.78 is 15.8. The predicted octanol–water partition coefficient (Wildman–Crippen LogP) is 3.88. The fraction of sp³-hybridized carbons (Fsp3) is 0.452. The van der Waals surface area contributed by atoms with E-state index < -0.39 is 53.2 Å². The van der Waals surface area contributed by atoms with Gasteiger partial charge in [0, 0.05) is 12.8 Å². The topological polar surface area (TPSA) is 178 Å². The summed E-state index contributed by atoms with van der Waals surface area (Å²) in [5, 5.41) is 24.8. The molecule has 0 aliphatic carbocycles. The first-order chi connectivity index (χ1) is 19.9.